The van der Waals surface area contributed by atoms with Crippen molar-refractivity contribution in [3.63, 3.8) is 0 Å². The van der Waals surface area contributed by atoms with Crippen molar-refractivity contribution in [1.29, 1.82) is 0 Å². The van der Waals surface area contributed by atoms with Crippen molar-refractivity contribution in [3.05, 3.63) is 100 Å². The predicted molar refractivity (Wildman–Crippen MR) is 149 cm³/mol. The number of halogens is 1. The number of ether oxygens (including phenoxy) is 1. The van der Waals surface area contributed by atoms with Crippen LogP contribution in [0.1, 0.15) is 54.5 Å². The van der Waals surface area contributed by atoms with E-state index in [1.807, 2.05) is 18.2 Å². The third-order valence-corrected chi connectivity index (χ3v) is 9.70. The highest BCUT2D eigenvalue weighted by atomic mass is 35.5. The van der Waals surface area contributed by atoms with Gasteiger partial charge in [0.05, 0.1) is 18.5 Å². The molecule has 1 heterocycles. The van der Waals surface area contributed by atoms with Crippen molar-refractivity contribution in [2.75, 3.05) is 7.11 Å². The van der Waals surface area contributed by atoms with Crippen LogP contribution in [0.4, 0.5) is 0 Å². The van der Waals surface area contributed by atoms with Crippen LogP contribution in [-0.4, -0.2) is 17.1 Å². The van der Waals surface area contributed by atoms with Crippen LogP contribution in [0.25, 0.3) is 22.6 Å². The van der Waals surface area contributed by atoms with Gasteiger partial charge >= 0.3 is 0 Å². The van der Waals surface area contributed by atoms with Gasteiger partial charge in [-0.05, 0) is 85.3 Å². The molecule has 4 atom stereocenters. The van der Waals surface area contributed by atoms with Gasteiger partial charge in [0.25, 0.3) is 0 Å². The summed E-state index contributed by atoms with van der Waals surface area (Å²) in [6, 6.07) is 25.3. The first-order valence-electron chi connectivity index (χ1n) is 13.4. The van der Waals surface area contributed by atoms with Crippen molar-refractivity contribution >= 4 is 11.6 Å². The Morgan fingerprint density at radius 1 is 0.919 bits per heavy atom. The Morgan fingerprint density at radius 3 is 2.51 bits per heavy atom. The third-order valence-electron chi connectivity index (χ3n) is 9.45. The van der Waals surface area contributed by atoms with Gasteiger partial charge in [-0.15, -0.1) is 0 Å². The van der Waals surface area contributed by atoms with Gasteiger partial charge in [-0.25, -0.2) is 9.97 Å². The molecular weight excluding hydrogens is 476 g/mol. The van der Waals surface area contributed by atoms with E-state index in [1.54, 1.807) is 12.7 Å². The lowest BCUT2D eigenvalue weighted by atomic mass is 9.55. The van der Waals surface area contributed by atoms with Crippen LogP contribution in [-0.2, 0) is 18.3 Å². The molecule has 0 radical (unpaired) electrons. The maximum atomic E-state index is 6.26. The highest BCUT2D eigenvalue weighted by Crippen LogP contribution is 2.60. The zero-order valence-electron chi connectivity index (χ0n) is 21.4. The van der Waals surface area contributed by atoms with E-state index >= 15 is 0 Å². The van der Waals surface area contributed by atoms with Crippen LogP contribution in [0, 0.1) is 11.8 Å². The minimum Gasteiger partial charge on any atom is -0.497 e. The molecule has 1 fully saturated rings. The molecule has 4 heteroatoms. The van der Waals surface area contributed by atoms with Crippen molar-refractivity contribution in [3.8, 4) is 28.4 Å². The quantitative estimate of drug-likeness (QED) is 0.282. The molecule has 3 aliphatic rings. The summed E-state index contributed by atoms with van der Waals surface area (Å²) in [6.45, 7) is 2.48. The number of rotatable bonds is 3. The second-order valence-corrected chi connectivity index (χ2v) is 11.7. The zero-order valence-corrected chi connectivity index (χ0v) is 22.1. The summed E-state index contributed by atoms with van der Waals surface area (Å²) in [5.41, 5.74) is 8.98. The van der Waals surface area contributed by atoms with E-state index in [0.29, 0.717) is 17.8 Å². The summed E-state index contributed by atoms with van der Waals surface area (Å²) in [4.78, 5) is 10.5. The molecule has 0 amide bonds. The average Bonchev–Trinajstić information content (AvgIpc) is 3.25. The monoisotopic (exact) mass is 506 g/mol. The lowest BCUT2D eigenvalue weighted by molar-refractivity contribution is 0.104. The molecule has 3 aromatic carbocycles. The minimum atomic E-state index is 0.0636. The highest BCUT2D eigenvalue weighted by Gasteiger charge is 2.54. The lowest BCUT2D eigenvalue weighted by Gasteiger charge is -2.49. The molecule has 3 aliphatic carbocycles. The van der Waals surface area contributed by atoms with Gasteiger partial charge in [0.1, 0.15) is 5.75 Å². The van der Waals surface area contributed by atoms with Crippen molar-refractivity contribution < 1.29 is 4.74 Å². The Kier molecular flexibility index (Phi) is 5.40. The number of hydrogen-bond donors (Lipinski definition) is 0. The average molecular weight is 507 g/mol. The number of aryl methyl sites for hydroxylation is 1. The topological polar surface area (TPSA) is 35.0 Å². The molecule has 4 aromatic rings. The molecular formula is C33H31ClN2O. The van der Waals surface area contributed by atoms with E-state index in [0.717, 1.165) is 52.7 Å². The molecule has 3 nitrogen and oxygen atoms in total. The summed E-state index contributed by atoms with van der Waals surface area (Å²) in [7, 11) is 1.76. The molecule has 1 aromatic heterocycles. The number of aromatic nitrogens is 2. The van der Waals surface area contributed by atoms with Crippen LogP contribution in [0.3, 0.4) is 0 Å². The molecule has 0 spiro atoms. The standard InChI is InChI=1S/C33H31ClN2O/c1-33-17-16-26-25-15-13-24(37-2)18-22(25)10-14-27(26)29(33)19-28-30(20-8-11-23(34)12-9-20)35-32(36-31(28)33)21-6-4-3-5-7-21/h3-9,11-13,15,18,26-27,29H,10,14,16-17,19H2,1-2H3/t26-,27+,29+,33+/m1/s1. The van der Waals surface area contributed by atoms with Crippen LogP contribution >= 0.6 is 11.6 Å². The molecule has 0 aliphatic heterocycles. The van der Waals surface area contributed by atoms with Gasteiger partial charge in [-0.1, -0.05) is 67.1 Å². The maximum absolute atomic E-state index is 6.26. The van der Waals surface area contributed by atoms with Crippen LogP contribution in [0.2, 0.25) is 5.02 Å². The van der Waals surface area contributed by atoms with Gasteiger partial charge < -0.3 is 4.74 Å². The number of hydrogen-bond acceptors (Lipinski definition) is 3. The molecule has 0 unspecified atom stereocenters. The predicted octanol–water partition coefficient (Wildman–Crippen LogP) is 8.04. The minimum absolute atomic E-state index is 0.0636. The molecule has 1 saturated carbocycles. The van der Waals surface area contributed by atoms with Gasteiger partial charge in [0.15, 0.2) is 5.82 Å². The number of nitrogens with zero attached hydrogens (tertiary/aromatic N) is 2. The summed E-state index contributed by atoms with van der Waals surface area (Å²) >= 11 is 6.26. The van der Waals surface area contributed by atoms with Gasteiger partial charge in [-0.2, -0.15) is 0 Å². The number of benzene rings is 3. The third kappa shape index (κ3) is 3.62. The van der Waals surface area contributed by atoms with Crippen LogP contribution in [0.15, 0.2) is 72.8 Å². The summed E-state index contributed by atoms with van der Waals surface area (Å²) in [5, 5.41) is 0.749. The molecule has 0 bridgehead atoms. The second kappa shape index (κ2) is 8.70. The largest absolute Gasteiger partial charge is 0.497 e. The first-order chi connectivity index (χ1) is 18.0. The maximum Gasteiger partial charge on any atom is 0.160 e. The van der Waals surface area contributed by atoms with E-state index in [2.05, 4.69) is 61.5 Å². The Balaban J connectivity index is 1.35. The Bertz CT molecular complexity index is 1480. The van der Waals surface area contributed by atoms with E-state index in [9.17, 15) is 0 Å². The lowest BCUT2D eigenvalue weighted by Crippen LogP contribution is -2.43. The molecule has 0 saturated heterocycles. The molecule has 0 N–H and O–H groups in total. The van der Waals surface area contributed by atoms with Crippen LogP contribution < -0.4 is 4.74 Å². The molecule has 7 rings (SSSR count). The van der Waals surface area contributed by atoms with Crippen molar-refractivity contribution in [2.24, 2.45) is 11.8 Å². The SMILES string of the molecule is COc1ccc2c(c1)CC[C@H]1[C@@H]2CC[C@]2(C)c3nc(-c4ccccc4)nc(-c4ccc(Cl)cc4)c3C[C@@H]12. The Labute approximate surface area is 223 Å². The number of methoxy groups -OCH3 is 1. The molecule has 186 valence electrons. The van der Waals surface area contributed by atoms with Crippen molar-refractivity contribution in [2.45, 2.75) is 50.4 Å². The first kappa shape index (κ1) is 23.0. The van der Waals surface area contributed by atoms with Gasteiger partial charge in [-0.3, -0.25) is 0 Å². The fourth-order valence-corrected chi connectivity index (χ4v) is 7.73. The van der Waals surface area contributed by atoms with E-state index in [1.165, 1.54) is 29.7 Å². The summed E-state index contributed by atoms with van der Waals surface area (Å²) < 4.78 is 5.53. The van der Waals surface area contributed by atoms with Crippen LogP contribution in [0.5, 0.6) is 5.75 Å². The number of fused-ring (bicyclic) bond motifs is 7. The fraction of sp³-hybridized carbons (Fsp3) is 0.333. The van der Waals surface area contributed by atoms with Gasteiger partial charge in [0, 0.05) is 27.1 Å². The summed E-state index contributed by atoms with van der Waals surface area (Å²) in [6.07, 6.45) is 5.77. The van der Waals surface area contributed by atoms with E-state index < -0.39 is 0 Å². The van der Waals surface area contributed by atoms with E-state index in [-0.39, 0.29) is 5.41 Å². The first-order valence-corrected chi connectivity index (χ1v) is 13.8. The zero-order chi connectivity index (χ0) is 25.1. The Hall–Kier alpha value is -3.17. The van der Waals surface area contributed by atoms with E-state index in [4.69, 9.17) is 26.3 Å². The fourth-order valence-electron chi connectivity index (χ4n) is 7.61. The van der Waals surface area contributed by atoms with Crippen molar-refractivity contribution in [1.82, 2.24) is 9.97 Å². The molecule has 37 heavy (non-hydrogen) atoms. The highest BCUT2D eigenvalue weighted by molar-refractivity contribution is 6.30. The smallest absolute Gasteiger partial charge is 0.160 e. The Morgan fingerprint density at radius 2 is 1.73 bits per heavy atom. The normalized spacial score (nSPS) is 25.5. The van der Waals surface area contributed by atoms with Gasteiger partial charge in [0.2, 0.25) is 0 Å². The second-order valence-electron chi connectivity index (χ2n) is 11.2. The summed E-state index contributed by atoms with van der Waals surface area (Å²) in [5.74, 6) is 3.65.